The number of aromatic nitrogens is 2. The molecule has 4 N–H and O–H groups in total. The number of nitrogens with zero attached hydrogens (tertiary/aromatic N) is 2. The lowest BCUT2D eigenvalue weighted by Gasteiger charge is -2.10. The summed E-state index contributed by atoms with van der Waals surface area (Å²) in [7, 11) is -7.57. The van der Waals surface area contributed by atoms with Gasteiger partial charge in [-0.3, -0.25) is 0 Å². The van der Waals surface area contributed by atoms with Crippen molar-refractivity contribution in [3.63, 3.8) is 0 Å². The van der Waals surface area contributed by atoms with Gasteiger partial charge in [-0.25, -0.2) is 26.5 Å². The summed E-state index contributed by atoms with van der Waals surface area (Å²) in [6.45, 7) is 0.435. The lowest BCUT2D eigenvalue weighted by Crippen LogP contribution is -2.26. The van der Waals surface area contributed by atoms with Gasteiger partial charge in [-0.1, -0.05) is 47.2 Å². The van der Waals surface area contributed by atoms with Crippen molar-refractivity contribution < 1.29 is 16.8 Å². The van der Waals surface area contributed by atoms with E-state index < -0.39 is 20.0 Å². The molecule has 0 saturated carbocycles. The maximum atomic E-state index is 12.5. The normalized spacial score (nSPS) is 15.1. The van der Waals surface area contributed by atoms with Crippen LogP contribution in [0.1, 0.15) is 12.0 Å². The SMILES string of the molecule is O=S1(=O)NCCCNc2nc(ncc2C#CCNS(=O)(=O)c2cccc(Cl)c2Cl)Nc2cccc1c2. The molecule has 0 unspecified atom stereocenters. The third-order valence-electron chi connectivity index (χ3n) is 4.91. The van der Waals surface area contributed by atoms with Crippen LogP contribution in [0.3, 0.4) is 0 Å². The van der Waals surface area contributed by atoms with Gasteiger partial charge in [-0.05, 0) is 36.8 Å². The highest BCUT2D eigenvalue weighted by atomic mass is 35.5. The van der Waals surface area contributed by atoms with Crippen LogP contribution in [-0.2, 0) is 20.0 Å². The van der Waals surface area contributed by atoms with Gasteiger partial charge in [0.05, 0.1) is 33.2 Å². The topological polar surface area (TPSA) is 142 Å². The molecule has 14 heteroatoms. The number of sulfonamides is 2. The second kappa shape index (κ2) is 11.0. The zero-order valence-corrected chi connectivity index (χ0v) is 21.7. The number of rotatable bonds is 3. The fourth-order valence-electron chi connectivity index (χ4n) is 3.16. The van der Waals surface area contributed by atoms with E-state index in [1.807, 2.05) is 0 Å². The molecule has 0 radical (unpaired) electrons. The van der Waals surface area contributed by atoms with Crippen LogP contribution in [-0.4, -0.2) is 46.4 Å². The van der Waals surface area contributed by atoms with Crippen molar-refractivity contribution in [3.05, 3.63) is 64.3 Å². The Bertz CT molecular complexity index is 1570. The van der Waals surface area contributed by atoms with Crippen molar-refractivity contribution in [3.8, 4) is 11.8 Å². The quantitative estimate of drug-likeness (QED) is 0.354. The first kappa shape index (κ1) is 26.2. The molecule has 1 aliphatic heterocycles. The first-order valence-corrected chi connectivity index (χ1v) is 14.3. The second-order valence-corrected chi connectivity index (χ2v) is 11.8. The van der Waals surface area contributed by atoms with Crippen molar-refractivity contribution in [2.75, 3.05) is 30.3 Å². The predicted molar refractivity (Wildman–Crippen MR) is 139 cm³/mol. The summed E-state index contributed by atoms with van der Waals surface area (Å²) in [5.74, 6) is 6.25. The maximum absolute atomic E-state index is 12.5. The highest BCUT2D eigenvalue weighted by Crippen LogP contribution is 2.28. The first-order chi connectivity index (χ1) is 17.2. The molecule has 3 aromatic rings. The molecule has 36 heavy (non-hydrogen) atoms. The van der Waals surface area contributed by atoms with E-state index in [2.05, 4.69) is 41.9 Å². The Morgan fingerprint density at radius 1 is 1.11 bits per heavy atom. The van der Waals surface area contributed by atoms with E-state index in [9.17, 15) is 16.8 Å². The Morgan fingerprint density at radius 3 is 2.75 bits per heavy atom. The molecule has 0 atom stereocenters. The number of halogens is 2. The molecule has 0 amide bonds. The van der Waals surface area contributed by atoms with Crippen molar-refractivity contribution in [1.82, 2.24) is 19.4 Å². The summed E-state index contributed by atoms with van der Waals surface area (Å²) < 4.78 is 55.0. The monoisotopic (exact) mass is 566 g/mol. The van der Waals surface area contributed by atoms with Gasteiger partial charge >= 0.3 is 0 Å². The maximum Gasteiger partial charge on any atom is 0.242 e. The van der Waals surface area contributed by atoms with Crippen LogP contribution in [0.15, 0.2) is 58.5 Å². The van der Waals surface area contributed by atoms with E-state index >= 15 is 0 Å². The largest absolute Gasteiger partial charge is 0.369 e. The molecule has 2 aromatic carbocycles. The molecule has 0 spiro atoms. The first-order valence-electron chi connectivity index (χ1n) is 10.6. The molecule has 10 nitrogen and oxygen atoms in total. The van der Waals surface area contributed by atoms with Gasteiger partial charge in [0.25, 0.3) is 0 Å². The summed E-state index contributed by atoms with van der Waals surface area (Å²) in [5, 5.41) is 6.17. The Hall–Kier alpha value is -2.92. The number of anilines is 3. The number of hydrogen-bond donors (Lipinski definition) is 4. The molecule has 4 rings (SSSR count). The number of fused-ring (bicyclic) bond motifs is 4. The molecule has 2 heterocycles. The molecule has 0 saturated heterocycles. The molecular formula is C22H20Cl2N6O4S2. The van der Waals surface area contributed by atoms with Gasteiger partial charge in [0.1, 0.15) is 10.7 Å². The van der Waals surface area contributed by atoms with Gasteiger partial charge in [-0.15, -0.1) is 0 Å². The van der Waals surface area contributed by atoms with Crippen molar-refractivity contribution >= 4 is 60.7 Å². The molecule has 1 aliphatic rings. The molecule has 0 fully saturated rings. The van der Waals surface area contributed by atoms with Gasteiger partial charge in [0.2, 0.25) is 26.0 Å². The van der Waals surface area contributed by atoms with E-state index in [-0.39, 0.29) is 38.9 Å². The Labute approximate surface area is 218 Å². The van der Waals surface area contributed by atoms with Crippen LogP contribution in [0, 0.1) is 11.8 Å². The predicted octanol–water partition coefficient (Wildman–Crippen LogP) is 2.95. The molecular weight excluding hydrogens is 547 g/mol. The Kier molecular flexibility index (Phi) is 7.99. The minimum atomic E-state index is -3.93. The average molecular weight is 567 g/mol. The zero-order chi connectivity index (χ0) is 25.8. The van der Waals surface area contributed by atoms with Gasteiger partial charge in [0, 0.05) is 18.8 Å². The zero-order valence-electron chi connectivity index (χ0n) is 18.5. The molecule has 4 bridgehead atoms. The lowest BCUT2D eigenvalue weighted by atomic mass is 10.3. The van der Waals surface area contributed by atoms with Crippen LogP contribution >= 0.6 is 23.2 Å². The summed E-state index contributed by atoms with van der Waals surface area (Å²) in [5.41, 5.74) is 0.931. The number of nitrogens with one attached hydrogen (secondary N) is 4. The van der Waals surface area contributed by atoms with Crippen LogP contribution in [0.4, 0.5) is 17.5 Å². The second-order valence-electron chi connectivity index (χ2n) is 7.47. The minimum absolute atomic E-state index is 0.0700. The standard InChI is InChI=1S/C22H20Cl2N6O4S2/c23-18-8-2-9-19(20(18)24)36(33,34)28-11-3-5-15-14-26-22-29-16-6-1-7-17(13-16)35(31,32)27-12-4-10-25-21(15)30-22/h1-2,6-9,13-14,27-28H,4,10-12H2,(H2,25,26,29,30). The average Bonchev–Trinajstić information content (AvgIpc) is 2.84. The third kappa shape index (κ3) is 6.25. The van der Waals surface area contributed by atoms with Crippen molar-refractivity contribution in [2.45, 2.75) is 16.2 Å². The third-order valence-corrected chi connectivity index (χ3v) is 8.74. The van der Waals surface area contributed by atoms with E-state index in [1.54, 1.807) is 12.1 Å². The van der Waals surface area contributed by atoms with Crippen LogP contribution < -0.4 is 20.1 Å². The smallest absolute Gasteiger partial charge is 0.242 e. The Balaban J connectivity index is 1.54. The number of hydrogen-bond acceptors (Lipinski definition) is 8. The van der Waals surface area contributed by atoms with Crippen molar-refractivity contribution in [2.24, 2.45) is 0 Å². The molecule has 0 aliphatic carbocycles. The molecule has 188 valence electrons. The van der Waals surface area contributed by atoms with Gasteiger partial charge in [0.15, 0.2) is 0 Å². The van der Waals surface area contributed by atoms with E-state index in [4.69, 9.17) is 23.2 Å². The minimum Gasteiger partial charge on any atom is -0.369 e. The number of benzene rings is 2. The summed E-state index contributed by atoms with van der Waals surface area (Å²) in [6, 6.07) is 10.6. The molecule has 1 aromatic heterocycles. The summed E-state index contributed by atoms with van der Waals surface area (Å²) >= 11 is 11.9. The van der Waals surface area contributed by atoms with Gasteiger partial charge in [-0.2, -0.15) is 9.71 Å². The van der Waals surface area contributed by atoms with E-state index in [0.29, 0.717) is 30.0 Å². The highest BCUT2D eigenvalue weighted by molar-refractivity contribution is 7.89. The van der Waals surface area contributed by atoms with Crippen LogP contribution in [0.25, 0.3) is 0 Å². The highest BCUT2D eigenvalue weighted by Gasteiger charge is 2.19. The fraction of sp³-hybridized carbons (Fsp3) is 0.182. The van der Waals surface area contributed by atoms with Gasteiger partial charge < -0.3 is 10.6 Å². The Morgan fingerprint density at radius 2 is 1.92 bits per heavy atom. The van der Waals surface area contributed by atoms with Crippen LogP contribution in [0.2, 0.25) is 10.0 Å². The van der Waals surface area contributed by atoms with E-state index in [1.165, 1.54) is 36.5 Å². The summed E-state index contributed by atoms with van der Waals surface area (Å²) in [6.07, 6.45) is 1.98. The summed E-state index contributed by atoms with van der Waals surface area (Å²) in [4.78, 5) is 8.68. The van der Waals surface area contributed by atoms with E-state index in [0.717, 1.165) is 0 Å². The van der Waals surface area contributed by atoms with Crippen molar-refractivity contribution in [1.29, 1.82) is 0 Å². The fourth-order valence-corrected chi connectivity index (χ4v) is 5.97. The lowest BCUT2D eigenvalue weighted by molar-refractivity contribution is 0.579. The van der Waals surface area contributed by atoms with Crippen LogP contribution in [0.5, 0.6) is 0 Å².